The van der Waals surface area contributed by atoms with Crippen molar-refractivity contribution < 1.29 is 9.53 Å². The van der Waals surface area contributed by atoms with Crippen LogP contribution in [0.4, 0.5) is 0 Å². The molecule has 0 aliphatic carbocycles. The predicted molar refractivity (Wildman–Crippen MR) is 82.8 cm³/mol. The molecule has 0 radical (unpaired) electrons. The Morgan fingerprint density at radius 1 is 1.15 bits per heavy atom. The van der Waals surface area contributed by atoms with Crippen LogP contribution in [0.15, 0.2) is 48.8 Å². The third kappa shape index (κ3) is 4.21. The van der Waals surface area contributed by atoms with Crippen molar-refractivity contribution in [3.63, 3.8) is 0 Å². The average molecular weight is 290 g/mol. The van der Waals surface area contributed by atoms with Crippen LogP contribution in [0.25, 0.3) is 12.2 Å². The number of ether oxygens (including phenoxy) is 1. The standard InChI is InChI=1S/C16H15NO2.ClH/c1-2-19-16(18)15-6-4-3-5-14(15)8-7-13-9-11-17-12-10-13;/h3-12H,2H2,1H3;1H/b8-7+;. The molecule has 0 atom stereocenters. The maximum absolute atomic E-state index is 11.8. The number of carbonyl (C=O) groups is 1. The van der Waals surface area contributed by atoms with Gasteiger partial charge in [0.25, 0.3) is 0 Å². The van der Waals surface area contributed by atoms with Crippen LogP contribution in [0.3, 0.4) is 0 Å². The Hall–Kier alpha value is -2.13. The van der Waals surface area contributed by atoms with Gasteiger partial charge in [-0.25, -0.2) is 4.79 Å². The van der Waals surface area contributed by atoms with E-state index in [0.717, 1.165) is 11.1 Å². The third-order valence-electron chi connectivity index (χ3n) is 2.62. The lowest BCUT2D eigenvalue weighted by atomic mass is 10.1. The second-order valence-electron chi connectivity index (χ2n) is 3.92. The van der Waals surface area contributed by atoms with E-state index in [4.69, 9.17) is 4.74 Å². The van der Waals surface area contributed by atoms with Gasteiger partial charge < -0.3 is 4.74 Å². The van der Waals surface area contributed by atoms with E-state index in [1.165, 1.54) is 0 Å². The molecular formula is C16H16ClNO2. The average Bonchev–Trinajstić information content (AvgIpc) is 2.47. The molecule has 0 fully saturated rings. The number of hydrogen-bond donors (Lipinski definition) is 0. The van der Waals surface area contributed by atoms with Gasteiger partial charge in [0.2, 0.25) is 0 Å². The van der Waals surface area contributed by atoms with Crippen LogP contribution >= 0.6 is 12.4 Å². The van der Waals surface area contributed by atoms with Crippen LogP contribution < -0.4 is 0 Å². The molecular weight excluding hydrogens is 274 g/mol. The van der Waals surface area contributed by atoms with E-state index in [2.05, 4.69) is 4.98 Å². The molecule has 1 aromatic carbocycles. The fourth-order valence-electron chi connectivity index (χ4n) is 1.70. The van der Waals surface area contributed by atoms with Gasteiger partial charge in [0.05, 0.1) is 12.2 Å². The van der Waals surface area contributed by atoms with Gasteiger partial charge >= 0.3 is 5.97 Å². The van der Waals surface area contributed by atoms with Crippen molar-refractivity contribution >= 4 is 30.5 Å². The zero-order chi connectivity index (χ0) is 13.5. The molecule has 3 nitrogen and oxygen atoms in total. The van der Waals surface area contributed by atoms with Crippen molar-refractivity contribution in [1.29, 1.82) is 0 Å². The fraction of sp³-hybridized carbons (Fsp3) is 0.125. The lowest BCUT2D eigenvalue weighted by Crippen LogP contribution is -2.06. The van der Waals surface area contributed by atoms with Gasteiger partial charge in [-0.05, 0) is 36.2 Å². The van der Waals surface area contributed by atoms with Crippen LogP contribution in [0, 0.1) is 0 Å². The van der Waals surface area contributed by atoms with Gasteiger partial charge in [0.15, 0.2) is 0 Å². The van der Waals surface area contributed by atoms with Gasteiger partial charge in [-0.15, -0.1) is 12.4 Å². The normalized spacial score (nSPS) is 10.1. The van der Waals surface area contributed by atoms with Crippen LogP contribution in [0.1, 0.15) is 28.4 Å². The van der Waals surface area contributed by atoms with Crippen molar-refractivity contribution in [2.45, 2.75) is 6.92 Å². The molecule has 0 aliphatic rings. The highest BCUT2D eigenvalue weighted by atomic mass is 35.5. The zero-order valence-electron chi connectivity index (χ0n) is 11.2. The number of pyridine rings is 1. The second-order valence-corrected chi connectivity index (χ2v) is 3.92. The van der Waals surface area contributed by atoms with Gasteiger partial charge in [-0.2, -0.15) is 0 Å². The van der Waals surface area contributed by atoms with Gasteiger partial charge in [0.1, 0.15) is 0 Å². The monoisotopic (exact) mass is 289 g/mol. The van der Waals surface area contributed by atoms with E-state index >= 15 is 0 Å². The lowest BCUT2D eigenvalue weighted by molar-refractivity contribution is 0.0526. The number of benzene rings is 1. The SMILES string of the molecule is CCOC(=O)c1ccccc1/C=C/c1ccncc1.Cl. The minimum absolute atomic E-state index is 0. The predicted octanol–water partition coefficient (Wildman–Crippen LogP) is 3.85. The molecule has 0 saturated heterocycles. The Bertz CT molecular complexity index is 582. The molecule has 0 aliphatic heterocycles. The third-order valence-corrected chi connectivity index (χ3v) is 2.62. The highest BCUT2D eigenvalue weighted by Crippen LogP contribution is 2.14. The summed E-state index contributed by atoms with van der Waals surface area (Å²) in [4.78, 5) is 15.8. The topological polar surface area (TPSA) is 39.2 Å². The summed E-state index contributed by atoms with van der Waals surface area (Å²) < 4.78 is 5.04. The summed E-state index contributed by atoms with van der Waals surface area (Å²) in [6, 6.07) is 11.2. The first-order chi connectivity index (χ1) is 9.31. The smallest absolute Gasteiger partial charge is 0.338 e. The molecule has 0 bridgehead atoms. The molecule has 0 unspecified atom stereocenters. The van der Waals surface area contributed by atoms with Gasteiger partial charge in [0, 0.05) is 12.4 Å². The van der Waals surface area contributed by atoms with E-state index in [-0.39, 0.29) is 18.4 Å². The molecule has 0 saturated carbocycles. The number of rotatable bonds is 4. The summed E-state index contributed by atoms with van der Waals surface area (Å²) in [6.07, 6.45) is 7.31. The summed E-state index contributed by atoms with van der Waals surface area (Å²) in [5, 5.41) is 0. The van der Waals surface area contributed by atoms with Crippen LogP contribution in [0.5, 0.6) is 0 Å². The zero-order valence-corrected chi connectivity index (χ0v) is 12.0. The maximum Gasteiger partial charge on any atom is 0.338 e. The largest absolute Gasteiger partial charge is 0.462 e. The Labute approximate surface area is 124 Å². The van der Waals surface area contributed by atoms with Gasteiger partial charge in [-0.1, -0.05) is 30.4 Å². The number of nitrogens with zero attached hydrogens (tertiary/aromatic N) is 1. The molecule has 0 N–H and O–H groups in total. The molecule has 4 heteroatoms. The molecule has 1 aromatic heterocycles. The minimum Gasteiger partial charge on any atom is -0.462 e. The first-order valence-electron chi connectivity index (χ1n) is 6.15. The Morgan fingerprint density at radius 3 is 2.55 bits per heavy atom. The first kappa shape index (κ1) is 15.9. The number of halogens is 1. The molecule has 2 rings (SSSR count). The molecule has 1 heterocycles. The molecule has 0 amide bonds. The van der Waals surface area contributed by atoms with E-state index < -0.39 is 0 Å². The Kier molecular flexibility index (Phi) is 6.47. The van der Waals surface area contributed by atoms with Crippen molar-refractivity contribution in [3.05, 3.63) is 65.5 Å². The van der Waals surface area contributed by atoms with Crippen molar-refractivity contribution in [2.75, 3.05) is 6.61 Å². The lowest BCUT2D eigenvalue weighted by Gasteiger charge is -2.05. The molecule has 2 aromatic rings. The molecule has 104 valence electrons. The highest BCUT2D eigenvalue weighted by Gasteiger charge is 2.09. The Balaban J connectivity index is 0.00000200. The summed E-state index contributed by atoms with van der Waals surface area (Å²) in [7, 11) is 0. The minimum atomic E-state index is -0.294. The van der Waals surface area contributed by atoms with Crippen molar-refractivity contribution in [1.82, 2.24) is 4.98 Å². The second kappa shape index (κ2) is 8.12. The number of aromatic nitrogens is 1. The summed E-state index contributed by atoms with van der Waals surface area (Å²) in [5.41, 5.74) is 2.46. The summed E-state index contributed by atoms with van der Waals surface area (Å²) >= 11 is 0. The van der Waals surface area contributed by atoms with E-state index in [9.17, 15) is 4.79 Å². The highest BCUT2D eigenvalue weighted by molar-refractivity contribution is 5.94. The van der Waals surface area contributed by atoms with Crippen molar-refractivity contribution in [2.24, 2.45) is 0 Å². The van der Waals surface area contributed by atoms with Gasteiger partial charge in [-0.3, -0.25) is 4.98 Å². The summed E-state index contributed by atoms with van der Waals surface area (Å²) in [5.74, 6) is -0.294. The summed E-state index contributed by atoms with van der Waals surface area (Å²) in [6.45, 7) is 2.18. The fourth-order valence-corrected chi connectivity index (χ4v) is 1.70. The first-order valence-corrected chi connectivity index (χ1v) is 6.15. The van der Waals surface area contributed by atoms with Crippen molar-refractivity contribution in [3.8, 4) is 0 Å². The quantitative estimate of drug-likeness (QED) is 0.803. The van der Waals surface area contributed by atoms with Crippen LogP contribution in [-0.4, -0.2) is 17.6 Å². The Morgan fingerprint density at radius 2 is 1.85 bits per heavy atom. The number of hydrogen-bond acceptors (Lipinski definition) is 3. The number of esters is 1. The van der Waals surface area contributed by atoms with Crippen LogP contribution in [-0.2, 0) is 4.74 Å². The van der Waals surface area contributed by atoms with E-state index in [1.807, 2.05) is 42.5 Å². The van der Waals surface area contributed by atoms with E-state index in [0.29, 0.717) is 12.2 Å². The van der Waals surface area contributed by atoms with E-state index in [1.54, 1.807) is 25.4 Å². The number of carbonyl (C=O) groups excluding carboxylic acids is 1. The molecule has 20 heavy (non-hydrogen) atoms. The maximum atomic E-state index is 11.8. The van der Waals surface area contributed by atoms with Crippen LogP contribution in [0.2, 0.25) is 0 Å². The molecule has 0 spiro atoms.